The Bertz CT molecular complexity index is 2220. The molecule has 0 spiro atoms. The van der Waals surface area contributed by atoms with E-state index in [0.29, 0.717) is 55.2 Å². The first-order chi connectivity index (χ1) is 26.0. The zero-order valence-electron chi connectivity index (χ0n) is 29.3. The standard InChI is InChI=1S/C41H36Cl2N4O7/c1-24-8-6-7-11-32(24)45-41(52)46-33-16-12-25(18-35(33)53-2)19-37(48)44-29-14-15-31(43)27(20-29)23-47-34-17-13-28(42)21-30(34)39(26-9-4-3-5-10-26)54-36(40(47)51)22-38(49)50/h3-18,20-21,36,39H,19,22-23H2,1-2H3,(H,44,48)(H,49,50)(H2,45,46,52)/t36-,39-/m1/s1. The van der Waals surface area contributed by atoms with E-state index >= 15 is 0 Å². The molecule has 0 unspecified atom stereocenters. The van der Waals surface area contributed by atoms with Gasteiger partial charge in [0, 0.05) is 27.0 Å². The second kappa shape index (κ2) is 16.9. The number of benzene rings is 5. The van der Waals surface area contributed by atoms with E-state index in [2.05, 4.69) is 16.0 Å². The molecule has 0 aromatic heterocycles. The first-order valence-electron chi connectivity index (χ1n) is 16.9. The molecule has 54 heavy (non-hydrogen) atoms. The van der Waals surface area contributed by atoms with Gasteiger partial charge in [-0.1, -0.05) is 77.8 Å². The Hall–Kier alpha value is -5.88. The molecule has 5 aromatic rings. The van der Waals surface area contributed by atoms with Crippen LogP contribution in [0, 0.1) is 6.92 Å². The normalized spacial score (nSPS) is 15.1. The van der Waals surface area contributed by atoms with Gasteiger partial charge < -0.3 is 35.4 Å². The third kappa shape index (κ3) is 9.00. The van der Waals surface area contributed by atoms with Crippen molar-refractivity contribution in [2.45, 2.75) is 38.5 Å². The Labute approximate surface area is 321 Å². The van der Waals surface area contributed by atoms with Crippen molar-refractivity contribution in [1.29, 1.82) is 0 Å². The second-order valence-electron chi connectivity index (χ2n) is 12.6. The Morgan fingerprint density at radius 1 is 0.852 bits per heavy atom. The van der Waals surface area contributed by atoms with Gasteiger partial charge in [-0.05, 0) is 83.8 Å². The first kappa shape index (κ1) is 37.9. The van der Waals surface area contributed by atoms with Crippen LogP contribution in [0.25, 0.3) is 0 Å². The highest BCUT2D eigenvalue weighted by Crippen LogP contribution is 2.41. The predicted molar refractivity (Wildman–Crippen MR) is 209 cm³/mol. The molecule has 13 heteroatoms. The summed E-state index contributed by atoms with van der Waals surface area (Å²) in [5, 5.41) is 18.9. The van der Waals surface area contributed by atoms with E-state index in [4.69, 9.17) is 32.7 Å². The Kier molecular flexibility index (Phi) is 11.8. The molecule has 4 amide bonds. The molecule has 0 saturated heterocycles. The van der Waals surface area contributed by atoms with Crippen molar-refractivity contribution in [3.05, 3.63) is 147 Å². The van der Waals surface area contributed by atoms with Gasteiger partial charge in [-0.25, -0.2) is 4.79 Å². The van der Waals surface area contributed by atoms with Gasteiger partial charge in [-0.2, -0.15) is 0 Å². The van der Waals surface area contributed by atoms with Crippen LogP contribution in [-0.4, -0.2) is 42.1 Å². The van der Waals surface area contributed by atoms with E-state index in [-0.39, 0.29) is 18.9 Å². The number of nitrogens with zero attached hydrogens (tertiary/aromatic N) is 1. The maximum absolute atomic E-state index is 14.1. The highest BCUT2D eigenvalue weighted by atomic mass is 35.5. The lowest BCUT2D eigenvalue weighted by atomic mass is 9.99. The number of fused-ring (bicyclic) bond motifs is 1. The summed E-state index contributed by atoms with van der Waals surface area (Å²) in [7, 11) is 1.47. The topological polar surface area (TPSA) is 146 Å². The van der Waals surface area contributed by atoms with Crippen molar-refractivity contribution < 1.29 is 33.8 Å². The lowest BCUT2D eigenvalue weighted by Gasteiger charge is -2.25. The Balaban J connectivity index is 1.20. The minimum Gasteiger partial charge on any atom is -0.495 e. The molecule has 0 bridgehead atoms. The summed E-state index contributed by atoms with van der Waals surface area (Å²) < 4.78 is 11.8. The molecule has 2 atom stereocenters. The molecule has 1 heterocycles. The van der Waals surface area contributed by atoms with Crippen molar-refractivity contribution in [3.8, 4) is 5.75 Å². The van der Waals surface area contributed by atoms with Gasteiger partial charge in [0.2, 0.25) is 5.91 Å². The van der Waals surface area contributed by atoms with Crippen molar-refractivity contribution in [1.82, 2.24) is 0 Å². The molecule has 0 saturated carbocycles. The summed E-state index contributed by atoms with van der Waals surface area (Å²) >= 11 is 13.1. The number of anilines is 4. The van der Waals surface area contributed by atoms with Gasteiger partial charge in [-0.3, -0.25) is 14.4 Å². The largest absolute Gasteiger partial charge is 0.495 e. The average Bonchev–Trinajstić information content (AvgIpc) is 3.25. The summed E-state index contributed by atoms with van der Waals surface area (Å²) in [5.74, 6) is -1.73. The van der Waals surface area contributed by atoms with Gasteiger partial charge in [-0.15, -0.1) is 0 Å². The first-order valence-corrected chi connectivity index (χ1v) is 17.7. The van der Waals surface area contributed by atoms with Crippen LogP contribution in [-0.2, 0) is 32.1 Å². The number of para-hydroxylation sites is 1. The quantitative estimate of drug-likeness (QED) is 0.105. The molecule has 4 N–H and O–H groups in total. The SMILES string of the molecule is COc1cc(CC(=O)Nc2ccc(Cl)c(CN3C(=O)[C@@H](CC(=O)O)O[C@H](c4ccccc4)c4cc(Cl)ccc43)c2)ccc1NC(=O)Nc1ccccc1C. The van der Waals surface area contributed by atoms with Crippen molar-refractivity contribution in [2.75, 3.05) is 28.0 Å². The Morgan fingerprint density at radius 3 is 2.33 bits per heavy atom. The fraction of sp³-hybridized carbons (Fsp3) is 0.171. The molecule has 276 valence electrons. The maximum atomic E-state index is 14.1. The average molecular weight is 768 g/mol. The number of carboxylic acid groups (broad SMARTS) is 1. The lowest BCUT2D eigenvalue weighted by Crippen LogP contribution is -2.40. The monoisotopic (exact) mass is 766 g/mol. The number of ether oxygens (including phenoxy) is 2. The number of aliphatic carboxylic acids is 1. The zero-order chi connectivity index (χ0) is 38.4. The molecule has 0 fully saturated rings. The number of urea groups is 1. The number of hydrogen-bond acceptors (Lipinski definition) is 6. The van der Waals surface area contributed by atoms with Crippen molar-refractivity contribution in [3.63, 3.8) is 0 Å². The van der Waals surface area contributed by atoms with E-state index < -0.39 is 36.5 Å². The zero-order valence-corrected chi connectivity index (χ0v) is 30.8. The minimum atomic E-state index is -1.32. The van der Waals surface area contributed by atoms with Crippen LogP contribution in [0.5, 0.6) is 5.75 Å². The molecule has 1 aliphatic rings. The van der Waals surface area contributed by atoms with Gasteiger partial charge in [0.25, 0.3) is 5.91 Å². The number of amides is 4. The lowest BCUT2D eigenvalue weighted by molar-refractivity contribution is -0.147. The number of carbonyl (C=O) groups is 4. The predicted octanol–water partition coefficient (Wildman–Crippen LogP) is 8.63. The smallest absolute Gasteiger partial charge is 0.323 e. The molecule has 6 rings (SSSR count). The second-order valence-corrected chi connectivity index (χ2v) is 13.4. The third-order valence-electron chi connectivity index (χ3n) is 8.80. The molecule has 0 radical (unpaired) electrons. The summed E-state index contributed by atoms with van der Waals surface area (Å²) in [4.78, 5) is 53.4. The summed E-state index contributed by atoms with van der Waals surface area (Å²) in [6.07, 6.45) is -2.68. The van der Waals surface area contributed by atoms with E-state index in [9.17, 15) is 24.3 Å². The fourth-order valence-electron chi connectivity index (χ4n) is 6.19. The number of hydrogen-bond donors (Lipinski definition) is 4. The van der Waals surface area contributed by atoms with Gasteiger partial charge in [0.15, 0.2) is 0 Å². The molecular formula is C41H36Cl2N4O7. The molecule has 5 aromatic carbocycles. The number of carbonyl (C=O) groups excluding carboxylic acids is 3. The van der Waals surface area contributed by atoms with Gasteiger partial charge in [0.05, 0.1) is 37.9 Å². The van der Waals surface area contributed by atoms with Crippen LogP contribution in [0.3, 0.4) is 0 Å². The van der Waals surface area contributed by atoms with Crippen LogP contribution < -0.4 is 25.6 Å². The third-order valence-corrected chi connectivity index (χ3v) is 9.40. The van der Waals surface area contributed by atoms with E-state index in [1.807, 2.05) is 55.5 Å². The van der Waals surface area contributed by atoms with Crippen LogP contribution in [0.1, 0.15) is 40.3 Å². The minimum absolute atomic E-state index is 0.0160. The number of methoxy groups -OCH3 is 1. The summed E-state index contributed by atoms with van der Waals surface area (Å²) in [5.41, 5.74) is 5.36. The number of nitrogens with one attached hydrogen (secondary N) is 3. The fourth-order valence-corrected chi connectivity index (χ4v) is 6.54. The highest BCUT2D eigenvalue weighted by molar-refractivity contribution is 6.31. The molecular weight excluding hydrogens is 731 g/mol. The summed E-state index contributed by atoms with van der Waals surface area (Å²) in [6, 6.07) is 31.2. The van der Waals surface area contributed by atoms with Crippen molar-refractivity contribution in [2.24, 2.45) is 0 Å². The Morgan fingerprint density at radius 2 is 1.59 bits per heavy atom. The maximum Gasteiger partial charge on any atom is 0.323 e. The molecule has 1 aliphatic heterocycles. The van der Waals surface area contributed by atoms with Gasteiger partial charge >= 0.3 is 12.0 Å². The number of halogens is 2. The van der Waals surface area contributed by atoms with Crippen LogP contribution >= 0.6 is 23.2 Å². The summed E-state index contributed by atoms with van der Waals surface area (Å²) in [6.45, 7) is 1.84. The molecule has 0 aliphatic carbocycles. The van der Waals surface area contributed by atoms with Crippen LogP contribution in [0.2, 0.25) is 10.0 Å². The molecule has 11 nitrogen and oxygen atoms in total. The van der Waals surface area contributed by atoms with Gasteiger partial charge in [0.1, 0.15) is 18.0 Å². The van der Waals surface area contributed by atoms with E-state index in [1.54, 1.807) is 60.7 Å². The van der Waals surface area contributed by atoms with E-state index in [0.717, 1.165) is 11.1 Å². The highest BCUT2D eigenvalue weighted by Gasteiger charge is 2.38. The number of rotatable bonds is 11. The number of carboxylic acids is 1. The van der Waals surface area contributed by atoms with Crippen LogP contribution in [0.4, 0.5) is 27.5 Å². The number of aryl methyl sites for hydroxylation is 1. The van der Waals surface area contributed by atoms with Crippen molar-refractivity contribution >= 4 is 69.8 Å². The van der Waals surface area contributed by atoms with E-state index in [1.165, 1.54) is 12.0 Å². The van der Waals surface area contributed by atoms with Crippen LogP contribution in [0.15, 0.2) is 109 Å².